The molecule has 0 aliphatic carbocycles. The molecule has 1 unspecified atom stereocenters. The van der Waals surface area contributed by atoms with E-state index in [1.807, 2.05) is 38.1 Å². The number of benzene rings is 2. The molecule has 1 amide bonds. The highest BCUT2D eigenvalue weighted by Crippen LogP contribution is 2.42. The lowest BCUT2D eigenvalue weighted by Crippen LogP contribution is -2.29. The number of hydrogen-bond donors (Lipinski definition) is 0. The van der Waals surface area contributed by atoms with Gasteiger partial charge in [-0.05, 0) is 42.0 Å². The monoisotopic (exact) mass is 459 g/mol. The lowest BCUT2D eigenvalue weighted by molar-refractivity contribution is 0.0970. The molecule has 1 aliphatic rings. The van der Waals surface area contributed by atoms with Gasteiger partial charge in [0, 0.05) is 0 Å². The van der Waals surface area contributed by atoms with Crippen molar-refractivity contribution < 1.29 is 9.21 Å². The third-order valence-electron chi connectivity index (χ3n) is 6.08. The summed E-state index contributed by atoms with van der Waals surface area (Å²) >= 11 is 1.36. The van der Waals surface area contributed by atoms with Crippen LogP contribution in [0.4, 0.5) is 5.13 Å². The van der Waals surface area contributed by atoms with Crippen molar-refractivity contribution in [1.82, 2.24) is 10.2 Å². The van der Waals surface area contributed by atoms with Crippen molar-refractivity contribution in [3.63, 3.8) is 0 Å². The normalized spacial score (nSPS) is 16.0. The zero-order chi connectivity index (χ0) is 23.5. The van der Waals surface area contributed by atoms with Crippen molar-refractivity contribution in [3.05, 3.63) is 85.7 Å². The Morgan fingerprint density at radius 2 is 1.79 bits per heavy atom. The summed E-state index contributed by atoms with van der Waals surface area (Å²) < 4.78 is 6.03. The molecule has 1 aliphatic heterocycles. The molecule has 168 valence electrons. The average molecular weight is 460 g/mol. The first-order valence-electron chi connectivity index (χ1n) is 11.0. The Bertz CT molecular complexity index is 1440. The molecule has 2 aromatic carbocycles. The molecule has 3 heterocycles. The average Bonchev–Trinajstić information content (AvgIpc) is 3.36. The van der Waals surface area contributed by atoms with Crippen LogP contribution in [0.3, 0.4) is 0 Å². The molecule has 0 bridgehead atoms. The Hall–Kier alpha value is -3.32. The summed E-state index contributed by atoms with van der Waals surface area (Å²) in [5.74, 6) is -0.289. The summed E-state index contributed by atoms with van der Waals surface area (Å²) in [6.45, 7) is 10.4. The lowest BCUT2D eigenvalue weighted by Gasteiger charge is -2.24. The number of carbonyl (C=O) groups excluding carboxylic acids is 1. The number of amides is 1. The maximum absolute atomic E-state index is 13.7. The Morgan fingerprint density at radius 3 is 2.42 bits per heavy atom. The summed E-state index contributed by atoms with van der Waals surface area (Å²) in [6, 6.07) is 12.9. The van der Waals surface area contributed by atoms with Gasteiger partial charge in [0.2, 0.25) is 10.9 Å². The first-order chi connectivity index (χ1) is 15.7. The van der Waals surface area contributed by atoms with Crippen molar-refractivity contribution in [2.75, 3.05) is 4.90 Å². The van der Waals surface area contributed by atoms with E-state index in [-0.39, 0.29) is 22.5 Å². The number of rotatable bonds is 3. The van der Waals surface area contributed by atoms with E-state index >= 15 is 0 Å². The van der Waals surface area contributed by atoms with Crippen molar-refractivity contribution >= 4 is 33.3 Å². The van der Waals surface area contributed by atoms with Gasteiger partial charge in [0.05, 0.1) is 17.0 Å². The van der Waals surface area contributed by atoms with Gasteiger partial charge in [0.15, 0.2) is 5.43 Å². The lowest BCUT2D eigenvalue weighted by atomic mass is 9.86. The van der Waals surface area contributed by atoms with E-state index < -0.39 is 6.04 Å². The summed E-state index contributed by atoms with van der Waals surface area (Å²) in [5, 5.41) is 10.3. The minimum atomic E-state index is -0.625. The second-order valence-corrected chi connectivity index (χ2v) is 10.5. The Kier molecular flexibility index (Phi) is 4.97. The number of aromatic nitrogens is 2. The quantitative estimate of drug-likeness (QED) is 0.401. The van der Waals surface area contributed by atoms with Crippen LogP contribution in [-0.4, -0.2) is 16.1 Å². The highest BCUT2D eigenvalue weighted by atomic mass is 32.1. The summed E-state index contributed by atoms with van der Waals surface area (Å²) in [4.78, 5) is 28.9. The van der Waals surface area contributed by atoms with E-state index in [1.54, 1.807) is 11.0 Å². The zero-order valence-corrected chi connectivity index (χ0v) is 20.1. The number of carbonyl (C=O) groups is 1. The molecule has 0 N–H and O–H groups in total. The van der Waals surface area contributed by atoms with Gasteiger partial charge >= 0.3 is 0 Å². The van der Waals surface area contributed by atoms with E-state index in [0.29, 0.717) is 21.7 Å². The molecule has 2 aromatic heterocycles. The van der Waals surface area contributed by atoms with Gasteiger partial charge in [-0.3, -0.25) is 14.5 Å². The van der Waals surface area contributed by atoms with Gasteiger partial charge in [-0.15, -0.1) is 10.2 Å². The first-order valence-corrected chi connectivity index (χ1v) is 11.8. The number of hydrogen-bond acceptors (Lipinski definition) is 6. The van der Waals surface area contributed by atoms with Crippen LogP contribution in [0.5, 0.6) is 0 Å². The maximum atomic E-state index is 13.7. The van der Waals surface area contributed by atoms with Gasteiger partial charge < -0.3 is 4.42 Å². The highest BCUT2D eigenvalue weighted by molar-refractivity contribution is 7.15. The topological polar surface area (TPSA) is 76.3 Å². The van der Waals surface area contributed by atoms with Crippen LogP contribution in [0, 0.1) is 6.92 Å². The van der Waals surface area contributed by atoms with Gasteiger partial charge in [-0.1, -0.05) is 74.9 Å². The number of aryl methyl sites for hydroxylation is 2. The van der Waals surface area contributed by atoms with Crippen LogP contribution in [0.2, 0.25) is 0 Å². The smallest absolute Gasteiger partial charge is 0.297 e. The summed E-state index contributed by atoms with van der Waals surface area (Å²) in [5.41, 5.74) is 3.54. The van der Waals surface area contributed by atoms with Gasteiger partial charge in [-0.2, -0.15) is 0 Å². The fourth-order valence-corrected chi connectivity index (χ4v) is 5.05. The molecule has 0 spiro atoms. The Morgan fingerprint density at radius 1 is 1.06 bits per heavy atom. The van der Waals surface area contributed by atoms with Gasteiger partial charge in [-0.25, -0.2) is 0 Å². The third-order valence-corrected chi connectivity index (χ3v) is 7.15. The summed E-state index contributed by atoms with van der Waals surface area (Å²) in [7, 11) is 0. The molecule has 33 heavy (non-hydrogen) atoms. The predicted molar refractivity (Wildman–Crippen MR) is 130 cm³/mol. The van der Waals surface area contributed by atoms with Crippen LogP contribution >= 0.6 is 11.3 Å². The van der Waals surface area contributed by atoms with Gasteiger partial charge in [0.25, 0.3) is 5.91 Å². The van der Waals surface area contributed by atoms with Crippen LogP contribution in [0.25, 0.3) is 11.0 Å². The first kappa shape index (κ1) is 21.5. The molecular formula is C26H25N3O3S. The highest BCUT2D eigenvalue weighted by Gasteiger charge is 2.45. The van der Waals surface area contributed by atoms with Crippen molar-refractivity contribution in [3.8, 4) is 0 Å². The number of nitrogens with zero attached hydrogens (tertiary/aromatic N) is 3. The molecule has 1 atom stereocenters. The van der Waals surface area contributed by atoms with Crippen molar-refractivity contribution in [1.29, 1.82) is 0 Å². The Balaban J connectivity index is 1.76. The number of fused-ring (bicyclic) bond motifs is 2. The molecule has 6 nitrogen and oxygen atoms in total. The van der Waals surface area contributed by atoms with E-state index in [1.165, 1.54) is 16.9 Å². The predicted octanol–water partition coefficient (Wildman–Crippen LogP) is 5.56. The molecule has 0 fully saturated rings. The molecule has 0 saturated carbocycles. The minimum absolute atomic E-state index is 0.0103. The van der Waals surface area contributed by atoms with E-state index in [2.05, 4.69) is 43.1 Å². The van der Waals surface area contributed by atoms with Crippen molar-refractivity contribution in [2.45, 2.75) is 52.5 Å². The minimum Gasteiger partial charge on any atom is -0.450 e. The molecule has 4 aromatic rings. The Labute approximate surface area is 195 Å². The zero-order valence-electron chi connectivity index (χ0n) is 19.3. The molecule has 5 rings (SSSR count). The largest absolute Gasteiger partial charge is 0.450 e. The van der Waals surface area contributed by atoms with E-state index in [0.717, 1.165) is 22.6 Å². The fourth-order valence-electron chi connectivity index (χ4n) is 4.25. The summed E-state index contributed by atoms with van der Waals surface area (Å²) in [6.07, 6.45) is 0.720. The fraction of sp³-hybridized carbons (Fsp3) is 0.308. The second kappa shape index (κ2) is 7.63. The molecule has 0 radical (unpaired) electrons. The van der Waals surface area contributed by atoms with Crippen LogP contribution in [0.1, 0.15) is 71.6 Å². The van der Waals surface area contributed by atoms with E-state index in [4.69, 9.17) is 4.42 Å². The standard InChI is InChI=1S/C26H25N3O3S/c1-6-19-27-28-25(33-19)29-21(15-8-10-16(11-9-15)26(3,4)5)20-22(30)17-13-14(2)7-12-18(17)32-23(20)24(29)31/h7-13,21H,6H2,1-5H3. The SMILES string of the molecule is CCc1nnc(N2C(=O)c3oc4ccc(C)cc4c(=O)c3C2c2ccc(C(C)(C)C)cc2)s1. The van der Waals surface area contributed by atoms with Gasteiger partial charge in [0.1, 0.15) is 10.6 Å². The maximum Gasteiger partial charge on any atom is 0.297 e. The number of anilines is 1. The third kappa shape index (κ3) is 3.47. The van der Waals surface area contributed by atoms with Crippen LogP contribution in [0.15, 0.2) is 51.7 Å². The van der Waals surface area contributed by atoms with Crippen LogP contribution in [-0.2, 0) is 11.8 Å². The van der Waals surface area contributed by atoms with Crippen molar-refractivity contribution in [2.24, 2.45) is 0 Å². The van der Waals surface area contributed by atoms with Crippen LogP contribution < -0.4 is 10.3 Å². The molecule has 0 saturated heterocycles. The van der Waals surface area contributed by atoms with E-state index in [9.17, 15) is 9.59 Å². The molecule has 7 heteroatoms. The second-order valence-electron chi connectivity index (χ2n) is 9.46. The molecular weight excluding hydrogens is 434 g/mol.